The molecule has 1 aromatic heterocycles. The van der Waals surface area contributed by atoms with Crippen LogP contribution in [-0.2, 0) is 0 Å². The number of rotatable bonds is 6. The van der Waals surface area contributed by atoms with Crippen LogP contribution in [-0.4, -0.2) is 23.6 Å². The zero-order valence-corrected chi connectivity index (χ0v) is 13.4. The molecule has 2 aromatic rings. The minimum Gasteiger partial charge on any atom is -0.480 e. The highest BCUT2D eigenvalue weighted by molar-refractivity contribution is 6.42. The van der Waals surface area contributed by atoms with Gasteiger partial charge in [0.25, 0.3) is 0 Å². The first-order valence-corrected chi connectivity index (χ1v) is 7.46. The summed E-state index contributed by atoms with van der Waals surface area (Å²) in [5.74, 6) is 0.474. The van der Waals surface area contributed by atoms with Gasteiger partial charge in [0, 0.05) is 12.4 Å². The van der Waals surface area contributed by atoms with Gasteiger partial charge in [-0.25, -0.2) is 4.98 Å². The van der Waals surface area contributed by atoms with Gasteiger partial charge in [-0.05, 0) is 24.6 Å². The fraction of sp³-hybridized carbons (Fsp3) is 0.333. The Kier molecular flexibility index (Phi) is 5.79. The lowest BCUT2D eigenvalue weighted by atomic mass is 10.0. The van der Waals surface area contributed by atoms with Gasteiger partial charge in [-0.3, -0.25) is 4.98 Å². The zero-order valence-electron chi connectivity index (χ0n) is 11.9. The minimum atomic E-state index is -0.222. The average Bonchev–Trinajstić information content (AvgIpc) is 2.52. The van der Waals surface area contributed by atoms with E-state index < -0.39 is 0 Å². The van der Waals surface area contributed by atoms with Gasteiger partial charge in [0.1, 0.15) is 5.69 Å². The lowest BCUT2D eigenvalue weighted by molar-refractivity contribution is 0.382. The first-order chi connectivity index (χ1) is 10.2. The molecule has 0 fully saturated rings. The number of methoxy groups -OCH3 is 1. The summed E-state index contributed by atoms with van der Waals surface area (Å²) >= 11 is 12.5. The second-order valence-electron chi connectivity index (χ2n) is 4.48. The fourth-order valence-electron chi connectivity index (χ4n) is 2.08. The Balaban J connectivity index is 2.50. The van der Waals surface area contributed by atoms with Crippen molar-refractivity contribution in [2.24, 2.45) is 0 Å². The van der Waals surface area contributed by atoms with E-state index in [9.17, 15) is 0 Å². The number of halogens is 2. The van der Waals surface area contributed by atoms with Crippen molar-refractivity contribution in [1.82, 2.24) is 15.3 Å². The van der Waals surface area contributed by atoms with Crippen molar-refractivity contribution in [1.29, 1.82) is 0 Å². The molecule has 1 unspecified atom stereocenters. The molecule has 2 rings (SSSR count). The summed E-state index contributed by atoms with van der Waals surface area (Å²) in [6.07, 6.45) is 4.22. The molecule has 0 aliphatic heterocycles. The maximum atomic E-state index is 6.35. The standard InChI is InChI=1S/C15H17Cl2N3O/c1-3-7-18-13(10-5-4-6-11(16)12(10)17)14-15(21-2)20-9-8-19-14/h4-6,8-9,13,18H,3,7H2,1-2H3. The van der Waals surface area contributed by atoms with Crippen LogP contribution < -0.4 is 10.1 Å². The van der Waals surface area contributed by atoms with E-state index in [-0.39, 0.29) is 6.04 Å². The molecular formula is C15H17Cl2N3O. The van der Waals surface area contributed by atoms with Gasteiger partial charge in [0.2, 0.25) is 5.88 Å². The average molecular weight is 326 g/mol. The smallest absolute Gasteiger partial charge is 0.237 e. The second-order valence-corrected chi connectivity index (χ2v) is 5.27. The van der Waals surface area contributed by atoms with Crippen LogP contribution in [0.3, 0.4) is 0 Å². The number of hydrogen-bond donors (Lipinski definition) is 1. The Morgan fingerprint density at radius 2 is 2.00 bits per heavy atom. The van der Waals surface area contributed by atoms with E-state index in [0.717, 1.165) is 18.5 Å². The van der Waals surface area contributed by atoms with Crippen molar-refractivity contribution in [3.63, 3.8) is 0 Å². The molecule has 6 heteroatoms. The zero-order chi connectivity index (χ0) is 15.2. The summed E-state index contributed by atoms with van der Waals surface area (Å²) in [6.45, 7) is 2.91. The maximum Gasteiger partial charge on any atom is 0.237 e. The number of ether oxygens (including phenoxy) is 1. The molecule has 0 aliphatic rings. The van der Waals surface area contributed by atoms with Crippen LogP contribution in [0.4, 0.5) is 0 Å². The Bertz CT molecular complexity index is 607. The molecule has 1 atom stereocenters. The van der Waals surface area contributed by atoms with Gasteiger partial charge in [-0.2, -0.15) is 0 Å². The van der Waals surface area contributed by atoms with Gasteiger partial charge < -0.3 is 10.1 Å². The van der Waals surface area contributed by atoms with Gasteiger partial charge in [0.05, 0.1) is 23.2 Å². The van der Waals surface area contributed by atoms with Crippen LogP contribution in [0.15, 0.2) is 30.6 Å². The molecular weight excluding hydrogens is 309 g/mol. The highest BCUT2D eigenvalue weighted by Gasteiger charge is 2.23. The van der Waals surface area contributed by atoms with E-state index in [1.54, 1.807) is 25.6 Å². The molecule has 4 nitrogen and oxygen atoms in total. The van der Waals surface area contributed by atoms with Crippen LogP contribution in [0.5, 0.6) is 5.88 Å². The predicted molar refractivity (Wildman–Crippen MR) is 85.2 cm³/mol. The molecule has 1 N–H and O–H groups in total. The fourth-order valence-corrected chi connectivity index (χ4v) is 2.49. The lowest BCUT2D eigenvalue weighted by Crippen LogP contribution is -2.25. The highest BCUT2D eigenvalue weighted by atomic mass is 35.5. The summed E-state index contributed by atoms with van der Waals surface area (Å²) in [4.78, 5) is 8.60. The van der Waals surface area contributed by atoms with Crippen molar-refractivity contribution in [3.8, 4) is 5.88 Å². The topological polar surface area (TPSA) is 47.0 Å². The number of aromatic nitrogens is 2. The summed E-state index contributed by atoms with van der Waals surface area (Å²) in [5, 5.41) is 4.45. The first-order valence-electron chi connectivity index (χ1n) is 6.71. The lowest BCUT2D eigenvalue weighted by Gasteiger charge is -2.21. The molecule has 1 heterocycles. The van der Waals surface area contributed by atoms with Crippen molar-refractivity contribution in [3.05, 3.63) is 51.9 Å². The number of hydrogen-bond acceptors (Lipinski definition) is 4. The molecule has 21 heavy (non-hydrogen) atoms. The Morgan fingerprint density at radius 1 is 1.24 bits per heavy atom. The molecule has 0 amide bonds. The Hall–Kier alpha value is -1.36. The SMILES string of the molecule is CCCNC(c1cccc(Cl)c1Cl)c1nccnc1OC. The molecule has 0 saturated carbocycles. The number of benzene rings is 1. The van der Waals surface area contributed by atoms with E-state index in [4.69, 9.17) is 27.9 Å². The van der Waals surface area contributed by atoms with E-state index in [0.29, 0.717) is 21.6 Å². The minimum absolute atomic E-state index is 0.222. The molecule has 0 aliphatic carbocycles. The van der Waals surface area contributed by atoms with Crippen LogP contribution in [0, 0.1) is 0 Å². The molecule has 1 aromatic carbocycles. The van der Waals surface area contributed by atoms with Crippen molar-refractivity contribution >= 4 is 23.2 Å². The van der Waals surface area contributed by atoms with Gasteiger partial charge in [-0.15, -0.1) is 0 Å². The van der Waals surface area contributed by atoms with Gasteiger partial charge in [0.15, 0.2) is 0 Å². The third-order valence-electron chi connectivity index (χ3n) is 3.05. The summed E-state index contributed by atoms with van der Waals surface area (Å²) in [7, 11) is 1.57. The van der Waals surface area contributed by atoms with E-state index in [1.807, 2.05) is 12.1 Å². The van der Waals surface area contributed by atoms with Crippen LogP contribution >= 0.6 is 23.2 Å². The summed E-state index contributed by atoms with van der Waals surface area (Å²) in [5.41, 5.74) is 1.55. The molecule has 0 saturated heterocycles. The van der Waals surface area contributed by atoms with Crippen LogP contribution in [0.2, 0.25) is 10.0 Å². The van der Waals surface area contributed by atoms with Gasteiger partial charge >= 0.3 is 0 Å². The molecule has 0 spiro atoms. The molecule has 112 valence electrons. The number of nitrogens with zero attached hydrogens (tertiary/aromatic N) is 2. The van der Waals surface area contributed by atoms with Gasteiger partial charge in [-0.1, -0.05) is 42.3 Å². The number of nitrogens with one attached hydrogen (secondary N) is 1. The Labute approximate surface area is 134 Å². The van der Waals surface area contributed by atoms with Crippen molar-refractivity contribution in [2.45, 2.75) is 19.4 Å². The maximum absolute atomic E-state index is 6.35. The monoisotopic (exact) mass is 325 g/mol. The molecule has 0 bridgehead atoms. The quantitative estimate of drug-likeness (QED) is 0.875. The molecule has 0 radical (unpaired) electrons. The highest BCUT2D eigenvalue weighted by Crippen LogP contribution is 2.34. The van der Waals surface area contributed by atoms with Crippen molar-refractivity contribution < 1.29 is 4.74 Å². The van der Waals surface area contributed by atoms with E-state index >= 15 is 0 Å². The second kappa shape index (κ2) is 7.59. The first kappa shape index (κ1) is 16.0. The van der Waals surface area contributed by atoms with Crippen LogP contribution in [0.25, 0.3) is 0 Å². The van der Waals surface area contributed by atoms with E-state index in [1.165, 1.54) is 0 Å². The summed E-state index contributed by atoms with van der Waals surface area (Å²) in [6, 6.07) is 5.33. The largest absolute Gasteiger partial charge is 0.480 e. The summed E-state index contributed by atoms with van der Waals surface area (Å²) < 4.78 is 5.31. The van der Waals surface area contributed by atoms with Crippen LogP contribution in [0.1, 0.15) is 30.6 Å². The normalized spacial score (nSPS) is 12.2. The van der Waals surface area contributed by atoms with E-state index in [2.05, 4.69) is 22.2 Å². The third kappa shape index (κ3) is 3.64. The van der Waals surface area contributed by atoms with Crippen molar-refractivity contribution in [2.75, 3.05) is 13.7 Å². The third-order valence-corrected chi connectivity index (χ3v) is 3.88. The predicted octanol–water partition coefficient (Wildman–Crippen LogP) is 3.88. The Morgan fingerprint density at radius 3 is 2.71 bits per heavy atom.